The van der Waals surface area contributed by atoms with Gasteiger partial charge in [-0.15, -0.1) is 0 Å². The molecule has 1 aromatic carbocycles. The van der Waals surface area contributed by atoms with Crippen LogP contribution >= 0.6 is 11.6 Å². The standard InChI is InChI=1S/C13H12ClN3O4/c1-6(10(15)18)17-12(20)9(11(19)16-13(17)21)7-2-4-8(14)5-3-7/h2-6,20H,1H3,(H2,15,18)(H,16,19,21). The molecule has 2 rings (SSSR count). The van der Waals surface area contributed by atoms with Gasteiger partial charge in [0.05, 0.1) is 0 Å². The van der Waals surface area contributed by atoms with Gasteiger partial charge in [0, 0.05) is 5.02 Å². The summed E-state index contributed by atoms with van der Waals surface area (Å²) in [6.45, 7) is 1.34. The quantitative estimate of drug-likeness (QED) is 0.769. The third-order valence-electron chi connectivity index (χ3n) is 3.05. The average Bonchev–Trinajstić information content (AvgIpc) is 2.40. The van der Waals surface area contributed by atoms with E-state index in [2.05, 4.69) is 0 Å². The van der Waals surface area contributed by atoms with E-state index in [1.54, 1.807) is 0 Å². The Bertz CT molecular complexity index is 808. The van der Waals surface area contributed by atoms with Crippen molar-refractivity contribution >= 4 is 17.5 Å². The molecule has 0 saturated heterocycles. The zero-order valence-electron chi connectivity index (χ0n) is 11.0. The van der Waals surface area contributed by atoms with Crippen molar-refractivity contribution < 1.29 is 9.90 Å². The molecule has 0 spiro atoms. The number of rotatable bonds is 3. The number of carbonyl (C=O) groups excluding carboxylic acids is 1. The number of carbonyl (C=O) groups is 1. The molecule has 1 unspecified atom stereocenters. The zero-order chi connectivity index (χ0) is 15.7. The molecule has 2 aromatic rings. The minimum Gasteiger partial charge on any atom is -0.494 e. The Hall–Kier alpha value is -2.54. The molecule has 1 atom stereocenters. The highest BCUT2D eigenvalue weighted by Gasteiger charge is 2.22. The van der Waals surface area contributed by atoms with Crippen LogP contribution in [0, 0.1) is 0 Å². The summed E-state index contributed by atoms with van der Waals surface area (Å²) in [5.41, 5.74) is 3.66. The molecule has 4 N–H and O–H groups in total. The van der Waals surface area contributed by atoms with Crippen LogP contribution in [0.5, 0.6) is 5.88 Å². The maximum Gasteiger partial charge on any atom is 0.331 e. The van der Waals surface area contributed by atoms with Crippen molar-refractivity contribution in [3.05, 3.63) is 50.1 Å². The summed E-state index contributed by atoms with van der Waals surface area (Å²) in [4.78, 5) is 36.9. The summed E-state index contributed by atoms with van der Waals surface area (Å²) in [5.74, 6) is -1.45. The second-order valence-corrected chi connectivity index (χ2v) is 4.85. The smallest absolute Gasteiger partial charge is 0.331 e. The van der Waals surface area contributed by atoms with Gasteiger partial charge in [-0.25, -0.2) is 4.79 Å². The molecule has 1 heterocycles. The number of amides is 1. The summed E-state index contributed by atoms with van der Waals surface area (Å²) in [6, 6.07) is 4.97. The number of nitrogens with two attached hydrogens (primary N) is 1. The van der Waals surface area contributed by atoms with Crippen molar-refractivity contribution in [2.24, 2.45) is 5.73 Å². The van der Waals surface area contributed by atoms with E-state index in [1.165, 1.54) is 31.2 Å². The Morgan fingerprint density at radius 3 is 2.43 bits per heavy atom. The third kappa shape index (κ3) is 2.68. The molecule has 0 radical (unpaired) electrons. The lowest BCUT2D eigenvalue weighted by atomic mass is 10.1. The highest BCUT2D eigenvalue weighted by Crippen LogP contribution is 2.26. The average molecular weight is 310 g/mol. The van der Waals surface area contributed by atoms with E-state index >= 15 is 0 Å². The summed E-state index contributed by atoms with van der Waals surface area (Å²) in [5, 5.41) is 10.6. The lowest BCUT2D eigenvalue weighted by Crippen LogP contribution is -2.37. The normalized spacial score (nSPS) is 12.1. The van der Waals surface area contributed by atoms with Crippen molar-refractivity contribution in [2.75, 3.05) is 0 Å². The Balaban J connectivity index is 2.76. The van der Waals surface area contributed by atoms with Crippen LogP contribution in [0.15, 0.2) is 33.9 Å². The lowest BCUT2D eigenvalue weighted by Gasteiger charge is -2.15. The molecule has 0 aliphatic carbocycles. The molecule has 1 aromatic heterocycles. The number of nitrogens with one attached hydrogen (secondary N) is 1. The fourth-order valence-electron chi connectivity index (χ4n) is 1.90. The van der Waals surface area contributed by atoms with Gasteiger partial charge in [-0.05, 0) is 24.6 Å². The molecule has 8 heteroatoms. The first-order valence-corrected chi connectivity index (χ1v) is 6.33. The number of benzene rings is 1. The number of aromatic nitrogens is 2. The predicted octanol–water partition coefficient (Wildman–Crippen LogP) is 0.609. The van der Waals surface area contributed by atoms with Gasteiger partial charge in [0.1, 0.15) is 11.6 Å². The number of halogens is 1. The van der Waals surface area contributed by atoms with E-state index in [4.69, 9.17) is 17.3 Å². The van der Waals surface area contributed by atoms with Gasteiger partial charge in [0.2, 0.25) is 11.8 Å². The molecule has 0 fully saturated rings. The molecule has 0 aliphatic rings. The van der Waals surface area contributed by atoms with Crippen LogP contribution in [0.4, 0.5) is 0 Å². The Labute approximate surface area is 123 Å². The second kappa shape index (κ2) is 5.45. The Morgan fingerprint density at radius 1 is 1.33 bits per heavy atom. The molecule has 7 nitrogen and oxygen atoms in total. The van der Waals surface area contributed by atoms with Gasteiger partial charge in [-0.2, -0.15) is 0 Å². The number of aromatic amines is 1. The van der Waals surface area contributed by atoms with Gasteiger partial charge in [0.25, 0.3) is 5.56 Å². The minimum atomic E-state index is -1.11. The van der Waals surface area contributed by atoms with E-state index in [0.717, 1.165) is 4.57 Å². The van der Waals surface area contributed by atoms with Crippen LogP contribution in [0.3, 0.4) is 0 Å². The lowest BCUT2D eigenvalue weighted by molar-refractivity contribution is -0.120. The van der Waals surface area contributed by atoms with Gasteiger partial charge < -0.3 is 10.8 Å². The van der Waals surface area contributed by atoms with Crippen molar-refractivity contribution in [1.82, 2.24) is 9.55 Å². The van der Waals surface area contributed by atoms with Gasteiger partial charge in [-0.1, -0.05) is 23.7 Å². The number of H-pyrrole nitrogens is 1. The maximum atomic E-state index is 11.9. The molecular formula is C13H12ClN3O4. The first-order valence-electron chi connectivity index (χ1n) is 5.96. The van der Waals surface area contributed by atoms with E-state index in [9.17, 15) is 19.5 Å². The van der Waals surface area contributed by atoms with Crippen molar-refractivity contribution in [2.45, 2.75) is 13.0 Å². The van der Waals surface area contributed by atoms with Crippen LogP contribution < -0.4 is 17.0 Å². The summed E-state index contributed by atoms with van der Waals surface area (Å²) < 4.78 is 0.730. The Kier molecular flexibility index (Phi) is 3.86. The van der Waals surface area contributed by atoms with Crippen LogP contribution in [0.2, 0.25) is 5.02 Å². The van der Waals surface area contributed by atoms with E-state index in [0.29, 0.717) is 10.6 Å². The molecule has 21 heavy (non-hydrogen) atoms. The summed E-state index contributed by atoms with van der Waals surface area (Å²) in [7, 11) is 0. The number of aromatic hydroxyl groups is 1. The molecule has 110 valence electrons. The first kappa shape index (κ1) is 14.9. The predicted molar refractivity (Wildman–Crippen MR) is 77.3 cm³/mol. The SMILES string of the molecule is CC(C(N)=O)n1c(O)c(-c2ccc(Cl)cc2)c(=O)[nH]c1=O. The van der Waals surface area contributed by atoms with Crippen LogP contribution in [0.25, 0.3) is 11.1 Å². The second-order valence-electron chi connectivity index (χ2n) is 4.41. The van der Waals surface area contributed by atoms with Gasteiger partial charge >= 0.3 is 5.69 Å². The maximum absolute atomic E-state index is 11.9. The number of hydrogen-bond acceptors (Lipinski definition) is 4. The number of nitrogens with zero attached hydrogens (tertiary/aromatic N) is 1. The fourth-order valence-corrected chi connectivity index (χ4v) is 2.03. The molecule has 0 aliphatic heterocycles. The van der Waals surface area contributed by atoms with Crippen molar-refractivity contribution in [3.63, 3.8) is 0 Å². The largest absolute Gasteiger partial charge is 0.494 e. The van der Waals surface area contributed by atoms with Gasteiger partial charge in [0.15, 0.2) is 0 Å². The molecule has 0 bridgehead atoms. The zero-order valence-corrected chi connectivity index (χ0v) is 11.7. The van der Waals surface area contributed by atoms with Crippen LogP contribution in [-0.4, -0.2) is 20.6 Å². The van der Waals surface area contributed by atoms with E-state index < -0.39 is 29.1 Å². The third-order valence-corrected chi connectivity index (χ3v) is 3.30. The topological polar surface area (TPSA) is 118 Å². The number of hydrogen-bond donors (Lipinski definition) is 3. The van der Waals surface area contributed by atoms with Crippen molar-refractivity contribution in [3.8, 4) is 17.0 Å². The van der Waals surface area contributed by atoms with Crippen LogP contribution in [0.1, 0.15) is 13.0 Å². The number of primary amides is 1. The minimum absolute atomic E-state index is 0.139. The Morgan fingerprint density at radius 2 is 1.90 bits per heavy atom. The highest BCUT2D eigenvalue weighted by atomic mass is 35.5. The highest BCUT2D eigenvalue weighted by molar-refractivity contribution is 6.30. The molecule has 1 amide bonds. The monoisotopic (exact) mass is 309 g/mol. The van der Waals surface area contributed by atoms with Gasteiger partial charge in [-0.3, -0.25) is 19.1 Å². The molecular weight excluding hydrogens is 298 g/mol. The summed E-state index contributed by atoms with van der Waals surface area (Å²) >= 11 is 5.76. The van der Waals surface area contributed by atoms with Crippen LogP contribution in [-0.2, 0) is 4.79 Å². The molecule has 0 saturated carbocycles. The van der Waals surface area contributed by atoms with E-state index in [1.807, 2.05) is 4.98 Å². The van der Waals surface area contributed by atoms with E-state index in [-0.39, 0.29) is 5.56 Å². The summed E-state index contributed by atoms with van der Waals surface area (Å²) in [6.07, 6.45) is 0. The fraction of sp³-hybridized carbons (Fsp3) is 0.154. The van der Waals surface area contributed by atoms with Crippen molar-refractivity contribution in [1.29, 1.82) is 0 Å². The first-order chi connectivity index (χ1) is 9.82.